The third kappa shape index (κ3) is 4.16. The number of amides is 4. The number of ether oxygens (including phenoxy) is 1. The lowest BCUT2D eigenvalue weighted by atomic mass is 9.43. The molecule has 4 N–H and O–H groups in total. The van der Waals surface area contributed by atoms with Crippen molar-refractivity contribution < 1.29 is 45.5 Å². The molecule has 7 rings (SSSR count). The van der Waals surface area contributed by atoms with Crippen LogP contribution in [-0.2, 0) is 48.8 Å². The molecule has 1 saturated carbocycles. The van der Waals surface area contributed by atoms with Crippen LogP contribution in [0.15, 0.2) is 69.5 Å². The Morgan fingerprint density at radius 3 is 1.44 bits per heavy atom. The fourth-order valence-electron chi connectivity index (χ4n) is 7.89. The van der Waals surface area contributed by atoms with Crippen molar-refractivity contribution in [2.24, 2.45) is 45.3 Å². The highest BCUT2D eigenvalue weighted by atomic mass is 32.2. The van der Waals surface area contributed by atoms with Crippen LogP contribution in [0.4, 0.5) is 11.4 Å². The second-order valence-corrected chi connectivity index (χ2v) is 14.8. The highest BCUT2D eigenvalue weighted by Gasteiger charge is 2.77. The van der Waals surface area contributed by atoms with Crippen molar-refractivity contribution in [2.75, 3.05) is 16.4 Å². The van der Waals surface area contributed by atoms with Crippen molar-refractivity contribution in [1.82, 2.24) is 0 Å². The van der Waals surface area contributed by atoms with Gasteiger partial charge >= 0.3 is 5.97 Å². The van der Waals surface area contributed by atoms with Gasteiger partial charge in [0.15, 0.2) is 0 Å². The van der Waals surface area contributed by atoms with Crippen LogP contribution in [0.25, 0.3) is 0 Å². The highest BCUT2D eigenvalue weighted by Crippen LogP contribution is 2.68. The normalized spacial score (nSPS) is 29.4. The quantitative estimate of drug-likeness (QED) is 0.322. The summed E-state index contributed by atoms with van der Waals surface area (Å²) in [7, 11) is -8.12. The molecular formula is C29H28N4O10S2. The van der Waals surface area contributed by atoms with E-state index >= 15 is 0 Å². The Balaban J connectivity index is 1.49. The number of imide groups is 2. The van der Waals surface area contributed by atoms with Gasteiger partial charge in [0.2, 0.25) is 43.7 Å². The van der Waals surface area contributed by atoms with E-state index < -0.39 is 84.6 Å². The summed E-state index contributed by atoms with van der Waals surface area (Å²) < 4.78 is 52.4. The van der Waals surface area contributed by atoms with Crippen molar-refractivity contribution in [1.29, 1.82) is 0 Å². The Hall–Kier alpha value is -4.25. The number of carbonyl (C=O) groups is 5. The van der Waals surface area contributed by atoms with Gasteiger partial charge < -0.3 is 4.74 Å². The van der Waals surface area contributed by atoms with Crippen molar-refractivity contribution in [3.63, 3.8) is 0 Å². The van der Waals surface area contributed by atoms with Crippen LogP contribution in [0.5, 0.6) is 0 Å². The van der Waals surface area contributed by atoms with E-state index in [-0.39, 0.29) is 33.3 Å². The molecule has 16 heteroatoms. The molecule has 2 aromatic carbocycles. The number of benzene rings is 2. The van der Waals surface area contributed by atoms with E-state index in [1.165, 1.54) is 31.2 Å². The summed E-state index contributed by atoms with van der Waals surface area (Å²) in [5.41, 5.74) is -1.13. The zero-order valence-electron chi connectivity index (χ0n) is 24.2. The van der Waals surface area contributed by atoms with E-state index in [4.69, 9.17) is 15.0 Å². The predicted octanol–water partition coefficient (Wildman–Crippen LogP) is 0.422. The van der Waals surface area contributed by atoms with Crippen LogP contribution in [-0.4, -0.2) is 53.0 Å². The molecule has 2 aliphatic heterocycles. The molecule has 2 saturated heterocycles. The van der Waals surface area contributed by atoms with E-state index in [1.54, 1.807) is 13.8 Å². The SMILES string of the molecule is CCOC(=O)C1=C(C)C2[C@@H]3C(=O)N(c4ccc(S(N)(=O)=O)cc4)C(=O)[C@H]3C1(C)[C@H]1C(=O)N(c3ccc(S(N)(=O)=O)cc3)C(=O)[C@@H]21. The monoisotopic (exact) mass is 656 g/mol. The molecule has 236 valence electrons. The van der Waals surface area contributed by atoms with Gasteiger partial charge in [-0.1, -0.05) is 12.5 Å². The summed E-state index contributed by atoms with van der Waals surface area (Å²) in [6.07, 6.45) is 0. The maximum Gasteiger partial charge on any atom is 0.334 e. The number of nitrogens with two attached hydrogens (primary N) is 2. The fraction of sp³-hybridized carbons (Fsp3) is 0.345. The minimum atomic E-state index is -4.06. The van der Waals surface area contributed by atoms with Gasteiger partial charge in [0.25, 0.3) is 0 Å². The molecule has 6 atom stereocenters. The zero-order chi connectivity index (χ0) is 33.0. The minimum Gasteiger partial charge on any atom is -0.463 e. The number of carbonyl (C=O) groups excluding carboxylic acids is 5. The third-order valence-electron chi connectivity index (χ3n) is 9.53. The summed E-state index contributed by atoms with van der Waals surface area (Å²) in [6.45, 7) is 4.69. The van der Waals surface area contributed by atoms with Crippen molar-refractivity contribution in [3.8, 4) is 0 Å². The topological polar surface area (TPSA) is 221 Å². The van der Waals surface area contributed by atoms with Crippen molar-refractivity contribution >= 4 is 61.0 Å². The van der Waals surface area contributed by atoms with Gasteiger partial charge in [0.05, 0.1) is 51.4 Å². The summed E-state index contributed by atoms with van der Waals surface area (Å²) in [4.78, 5) is 71.5. The van der Waals surface area contributed by atoms with Gasteiger partial charge in [-0.3, -0.25) is 29.0 Å². The van der Waals surface area contributed by atoms with Crippen LogP contribution in [0, 0.1) is 35.0 Å². The Labute approximate surface area is 258 Å². The Morgan fingerprint density at radius 2 is 1.11 bits per heavy atom. The molecule has 3 aliphatic carbocycles. The van der Waals surface area contributed by atoms with Crippen LogP contribution >= 0.6 is 0 Å². The second-order valence-electron chi connectivity index (χ2n) is 11.7. The molecule has 2 heterocycles. The van der Waals surface area contributed by atoms with Crippen molar-refractivity contribution in [3.05, 3.63) is 59.7 Å². The number of sulfonamides is 2. The zero-order valence-corrected chi connectivity index (χ0v) is 25.8. The maximum absolute atomic E-state index is 14.2. The standard InChI is InChI=1S/C29H28N4O10S2/c1-4-43-28(38)21-13(2)18-19-22(26(36)32(24(19)34)14-5-9-16(10-6-14)44(30,39)40)29(21,3)23-20(18)25(35)33(27(23)37)15-7-11-17(12-8-15)45(31,41)42/h5-12,18-20,22-23H,4H2,1-3H3,(H2,30,39,40)(H2,31,41,42)/t18?,19-,20-,22-,23+,29?/m0/s1. The lowest BCUT2D eigenvalue weighted by Crippen LogP contribution is -2.61. The molecule has 3 fully saturated rings. The first kappa shape index (κ1) is 30.8. The number of allylic oxidation sites excluding steroid dienone is 1. The first-order valence-corrected chi connectivity index (χ1v) is 16.9. The molecule has 45 heavy (non-hydrogen) atoms. The molecule has 4 amide bonds. The van der Waals surface area contributed by atoms with Crippen LogP contribution < -0.4 is 20.1 Å². The number of rotatable bonds is 6. The van der Waals surface area contributed by atoms with Crippen molar-refractivity contribution in [2.45, 2.75) is 30.6 Å². The third-order valence-corrected chi connectivity index (χ3v) is 11.4. The van der Waals surface area contributed by atoms with Gasteiger partial charge in [-0.15, -0.1) is 0 Å². The first-order valence-electron chi connectivity index (χ1n) is 13.9. The Kier molecular flexibility index (Phi) is 6.75. The van der Waals surface area contributed by atoms with Gasteiger partial charge in [-0.2, -0.15) is 0 Å². The number of esters is 1. The fourth-order valence-corrected chi connectivity index (χ4v) is 8.92. The van der Waals surface area contributed by atoms with E-state index in [1.807, 2.05) is 0 Å². The highest BCUT2D eigenvalue weighted by molar-refractivity contribution is 7.89. The minimum absolute atomic E-state index is 0.0106. The number of hydrogen-bond donors (Lipinski definition) is 2. The molecule has 0 aromatic heterocycles. The molecule has 0 spiro atoms. The van der Waals surface area contributed by atoms with E-state index in [2.05, 4.69) is 0 Å². The maximum atomic E-state index is 14.2. The molecule has 2 unspecified atom stereocenters. The average Bonchev–Trinajstić information content (AvgIpc) is 3.38. The molecule has 14 nitrogen and oxygen atoms in total. The molecular weight excluding hydrogens is 628 g/mol. The smallest absolute Gasteiger partial charge is 0.334 e. The summed E-state index contributed by atoms with van der Waals surface area (Å²) in [5.74, 6) is -9.29. The van der Waals surface area contributed by atoms with Gasteiger partial charge in [0, 0.05) is 16.9 Å². The Morgan fingerprint density at radius 1 is 0.733 bits per heavy atom. The van der Waals surface area contributed by atoms with E-state index in [0.29, 0.717) is 5.57 Å². The Bertz CT molecular complexity index is 1850. The number of primary sulfonamides is 2. The lowest BCUT2D eigenvalue weighted by Gasteiger charge is -2.55. The second kappa shape index (κ2) is 9.87. The lowest BCUT2D eigenvalue weighted by molar-refractivity contribution is -0.155. The molecule has 0 radical (unpaired) electrons. The predicted molar refractivity (Wildman–Crippen MR) is 156 cm³/mol. The van der Waals surface area contributed by atoms with Crippen LogP contribution in [0.2, 0.25) is 0 Å². The number of anilines is 2. The van der Waals surface area contributed by atoms with Gasteiger partial charge in [-0.05, 0) is 62.4 Å². The number of hydrogen-bond acceptors (Lipinski definition) is 10. The van der Waals surface area contributed by atoms with Gasteiger partial charge in [0.1, 0.15) is 0 Å². The van der Waals surface area contributed by atoms with Gasteiger partial charge in [-0.25, -0.2) is 31.9 Å². The first-order chi connectivity index (χ1) is 21.0. The average molecular weight is 657 g/mol. The van der Waals surface area contributed by atoms with E-state index in [9.17, 15) is 40.8 Å². The van der Waals surface area contributed by atoms with E-state index in [0.717, 1.165) is 34.1 Å². The summed E-state index contributed by atoms with van der Waals surface area (Å²) in [5, 5.41) is 10.4. The van der Waals surface area contributed by atoms with Crippen LogP contribution in [0.3, 0.4) is 0 Å². The largest absolute Gasteiger partial charge is 0.463 e. The number of nitrogens with zero attached hydrogens (tertiary/aromatic N) is 2. The van der Waals surface area contributed by atoms with Crippen LogP contribution in [0.1, 0.15) is 20.8 Å². The molecule has 2 bridgehead atoms. The molecule has 2 aromatic rings. The molecule has 5 aliphatic rings. The summed E-state index contributed by atoms with van der Waals surface area (Å²) >= 11 is 0. The summed E-state index contributed by atoms with van der Waals surface area (Å²) in [6, 6.07) is 9.63.